The van der Waals surface area contributed by atoms with Crippen molar-refractivity contribution in [3.05, 3.63) is 24.3 Å². The molecule has 0 heterocycles. The van der Waals surface area contributed by atoms with E-state index >= 15 is 0 Å². The third-order valence-corrected chi connectivity index (χ3v) is 2.65. The molecule has 110 valence electrons. The molecule has 0 saturated heterocycles. The van der Waals surface area contributed by atoms with Crippen LogP contribution in [0.4, 0.5) is 11.4 Å². The van der Waals surface area contributed by atoms with Crippen LogP contribution < -0.4 is 16.4 Å². The molecule has 0 fully saturated rings. The number of anilines is 2. The smallest absolute Gasteiger partial charge is 0.250 e. The Morgan fingerprint density at radius 3 is 2.25 bits per heavy atom. The molecule has 0 bridgehead atoms. The molecule has 20 heavy (non-hydrogen) atoms. The van der Waals surface area contributed by atoms with Crippen LogP contribution in [-0.2, 0) is 14.3 Å². The summed E-state index contributed by atoms with van der Waals surface area (Å²) < 4.78 is 4.72. The van der Waals surface area contributed by atoms with Gasteiger partial charge in [0, 0.05) is 18.5 Å². The molecular formula is C14H21N3O3. The Morgan fingerprint density at radius 1 is 1.20 bits per heavy atom. The first-order chi connectivity index (χ1) is 9.56. The van der Waals surface area contributed by atoms with Crippen LogP contribution in [0.3, 0.4) is 0 Å². The van der Waals surface area contributed by atoms with Crippen LogP contribution in [0.25, 0.3) is 0 Å². The fourth-order valence-corrected chi connectivity index (χ4v) is 1.64. The summed E-state index contributed by atoms with van der Waals surface area (Å²) in [6, 6.07) is 6.32. The lowest BCUT2D eigenvalue weighted by atomic mass is 10.1. The highest BCUT2D eigenvalue weighted by molar-refractivity contribution is 5.95. The third kappa shape index (κ3) is 5.38. The van der Waals surface area contributed by atoms with Gasteiger partial charge in [-0.3, -0.25) is 9.59 Å². The zero-order valence-corrected chi connectivity index (χ0v) is 11.8. The molecule has 1 atom stereocenters. The lowest BCUT2D eigenvalue weighted by Gasteiger charge is -2.11. The molecule has 4 N–H and O–H groups in total. The van der Waals surface area contributed by atoms with E-state index in [-0.39, 0.29) is 18.4 Å². The maximum absolute atomic E-state index is 11.7. The summed E-state index contributed by atoms with van der Waals surface area (Å²) in [6.07, 6.45) is 1.51. The topological polar surface area (TPSA) is 93.5 Å². The van der Waals surface area contributed by atoms with Crippen LogP contribution in [0.2, 0.25) is 0 Å². The van der Waals surface area contributed by atoms with E-state index in [9.17, 15) is 9.59 Å². The average molecular weight is 279 g/mol. The van der Waals surface area contributed by atoms with Gasteiger partial charge in [0.15, 0.2) is 0 Å². The van der Waals surface area contributed by atoms with Crippen molar-refractivity contribution in [1.82, 2.24) is 0 Å². The zero-order valence-electron chi connectivity index (χ0n) is 11.8. The molecule has 0 aromatic heterocycles. The maximum atomic E-state index is 11.7. The second-order valence-electron chi connectivity index (χ2n) is 4.44. The van der Waals surface area contributed by atoms with Crippen molar-refractivity contribution in [2.45, 2.75) is 25.8 Å². The second kappa shape index (κ2) is 8.29. The van der Waals surface area contributed by atoms with E-state index in [4.69, 9.17) is 10.5 Å². The number of hydrogen-bond donors (Lipinski definition) is 3. The molecule has 0 aliphatic heterocycles. The molecule has 0 spiro atoms. The van der Waals surface area contributed by atoms with Gasteiger partial charge < -0.3 is 21.1 Å². The van der Waals surface area contributed by atoms with E-state index in [0.717, 1.165) is 6.42 Å². The van der Waals surface area contributed by atoms with Crippen molar-refractivity contribution in [3.8, 4) is 0 Å². The van der Waals surface area contributed by atoms with Gasteiger partial charge in [-0.05, 0) is 30.7 Å². The maximum Gasteiger partial charge on any atom is 0.250 e. The second-order valence-corrected chi connectivity index (χ2v) is 4.44. The van der Waals surface area contributed by atoms with Crippen LogP contribution in [0.5, 0.6) is 0 Å². The minimum atomic E-state index is -0.499. The highest BCUT2D eigenvalue weighted by Crippen LogP contribution is 2.14. The Balaban J connectivity index is 2.54. The number of ether oxygens (including phenoxy) is 1. The van der Waals surface area contributed by atoms with E-state index < -0.39 is 6.04 Å². The molecule has 1 aromatic carbocycles. The summed E-state index contributed by atoms with van der Waals surface area (Å²) in [4.78, 5) is 23.0. The van der Waals surface area contributed by atoms with Crippen LogP contribution in [0.15, 0.2) is 24.3 Å². The molecule has 1 rings (SSSR count). The lowest BCUT2D eigenvalue weighted by molar-refractivity contribution is -0.119. The van der Waals surface area contributed by atoms with Gasteiger partial charge >= 0.3 is 0 Å². The summed E-state index contributed by atoms with van der Waals surface area (Å²) in [7, 11) is 1.46. The summed E-state index contributed by atoms with van der Waals surface area (Å²) in [5, 5.41) is 5.40. The van der Waals surface area contributed by atoms with Gasteiger partial charge in [0.2, 0.25) is 11.8 Å². The largest absolute Gasteiger partial charge is 0.375 e. The number of nitrogens with one attached hydrogen (secondary N) is 2. The van der Waals surface area contributed by atoms with Gasteiger partial charge in [0.1, 0.15) is 6.61 Å². The quantitative estimate of drug-likeness (QED) is 0.702. The molecule has 6 heteroatoms. The number of amides is 2. The molecule has 1 aromatic rings. The summed E-state index contributed by atoms with van der Waals surface area (Å²) in [5.41, 5.74) is 7.01. The van der Waals surface area contributed by atoms with E-state index in [1.807, 2.05) is 6.92 Å². The number of methoxy groups -OCH3 is 1. The van der Waals surface area contributed by atoms with Gasteiger partial charge in [0.05, 0.1) is 6.04 Å². The summed E-state index contributed by atoms with van der Waals surface area (Å²) >= 11 is 0. The first kappa shape index (κ1) is 16.1. The fraction of sp³-hybridized carbons (Fsp3) is 0.429. The van der Waals surface area contributed by atoms with Crippen molar-refractivity contribution in [3.63, 3.8) is 0 Å². The molecule has 0 aliphatic carbocycles. The van der Waals surface area contributed by atoms with Gasteiger partial charge in [-0.25, -0.2) is 0 Å². The molecule has 0 aliphatic rings. The first-order valence-corrected chi connectivity index (χ1v) is 6.52. The highest BCUT2D eigenvalue weighted by Gasteiger charge is 2.12. The molecule has 2 amide bonds. The Hall–Kier alpha value is -1.92. The molecule has 0 radical (unpaired) electrons. The minimum Gasteiger partial charge on any atom is -0.375 e. The van der Waals surface area contributed by atoms with Crippen molar-refractivity contribution in [2.75, 3.05) is 24.4 Å². The Bertz CT molecular complexity index is 445. The number of carbonyl (C=O) groups excluding carboxylic acids is 2. The van der Waals surface area contributed by atoms with Gasteiger partial charge in [-0.15, -0.1) is 0 Å². The monoisotopic (exact) mass is 279 g/mol. The van der Waals surface area contributed by atoms with Crippen molar-refractivity contribution < 1.29 is 14.3 Å². The van der Waals surface area contributed by atoms with Crippen LogP contribution in [0, 0.1) is 0 Å². The first-order valence-electron chi connectivity index (χ1n) is 6.52. The Labute approximate surface area is 118 Å². The number of nitrogens with two attached hydrogens (primary N) is 1. The molecule has 0 saturated carbocycles. The molecule has 6 nitrogen and oxygen atoms in total. The van der Waals surface area contributed by atoms with E-state index in [1.54, 1.807) is 24.3 Å². The number of benzene rings is 1. The fourth-order valence-electron chi connectivity index (χ4n) is 1.64. The zero-order chi connectivity index (χ0) is 15.0. The highest BCUT2D eigenvalue weighted by atomic mass is 16.5. The summed E-state index contributed by atoms with van der Waals surface area (Å²) in [6.45, 7) is 1.98. The van der Waals surface area contributed by atoms with Crippen LogP contribution in [-0.4, -0.2) is 31.6 Å². The van der Waals surface area contributed by atoms with Gasteiger partial charge in [-0.2, -0.15) is 0 Å². The summed E-state index contributed by atoms with van der Waals surface area (Å²) in [5.74, 6) is -0.433. The van der Waals surface area contributed by atoms with Crippen molar-refractivity contribution >= 4 is 23.2 Å². The third-order valence-electron chi connectivity index (χ3n) is 2.65. The van der Waals surface area contributed by atoms with Crippen molar-refractivity contribution in [1.29, 1.82) is 0 Å². The van der Waals surface area contributed by atoms with Gasteiger partial charge in [0.25, 0.3) is 0 Å². The average Bonchev–Trinajstić information content (AvgIpc) is 2.41. The normalized spacial score (nSPS) is 11.8. The number of carbonyl (C=O) groups is 2. The van der Waals surface area contributed by atoms with Crippen molar-refractivity contribution in [2.24, 2.45) is 5.73 Å². The molecular weight excluding hydrogens is 258 g/mol. The predicted molar refractivity (Wildman–Crippen MR) is 78.5 cm³/mol. The van der Waals surface area contributed by atoms with E-state index in [0.29, 0.717) is 17.8 Å². The Morgan fingerprint density at radius 2 is 1.75 bits per heavy atom. The SMILES string of the molecule is CCC[C@H](N)C(=O)Nc1ccc(NC(=O)COC)cc1. The van der Waals surface area contributed by atoms with Gasteiger partial charge in [-0.1, -0.05) is 13.3 Å². The molecule has 0 unspecified atom stereocenters. The Kier molecular flexibility index (Phi) is 6.69. The minimum absolute atomic E-state index is 0.00432. The predicted octanol–water partition coefficient (Wildman–Crippen LogP) is 1.34. The van der Waals surface area contributed by atoms with E-state index in [2.05, 4.69) is 10.6 Å². The van der Waals surface area contributed by atoms with Crippen LogP contribution >= 0.6 is 0 Å². The standard InChI is InChI=1S/C14H21N3O3/c1-3-4-12(15)14(19)17-11-7-5-10(6-8-11)16-13(18)9-20-2/h5-8,12H,3-4,9,15H2,1-2H3,(H,16,18)(H,17,19)/t12-/m0/s1. The lowest BCUT2D eigenvalue weighted by Crippen LogP contribution is -2.35. The number of rotatable bonds is 7. The number of hydrogen-bond acceptors (Lipinski definition) is 4. The van der Waals surface area contributed by atoms with Crippen LogP contribution in [0.1, 0.15) is 19.8 Å². The van der Waals surface area contributed by atoms with E-state index in [1.165, 1.54) is 7.11 Å².